The summed E-state index contributed by atoms with van der Waals surface area (Å²) in [6, 6.07) is 5.40. The van der Waals surface area contributed by atoms with Gasteiger partial charge in [0.05, 0.1) is 18.0 Å². The fourth-order valence-electron chi connectivity index (χ4n) is 2.45. The summed E-state index contributed by atoms with van der Waals surface area (Å²) >= 11 is 1.45. The molecular formula is C15H15N3O4S. The summed E-state index contributed by atoms with van der Waals surface area (Å²) in [5, 5.41) is 2.78. The third-order valence-corrected chi connectivity index (χ3v) is 4.68. The number of hydrogen-bond donors (Lipinski definition) is 2. The predicted molar refractivity (Wildman–Crippen MR) is 86.4 cm³/mol. The van der Waals surface area contributed by atoms with Crippen molar-refractivity contribution in [2.24, 2.45) is 5.73 Å². The number of ether oxygens (including phenoxy) is 1. The van der Waals surface area contributed by atoms with Crippen LogP contribution in [0.2, 0.25) is 0 Å². The number of anilines is 2. The van der Waals surface area contributed by atoms with Gasteiger partial charge in [-0.2, -0.15) is 0 Å². The topological polar surface area (TPSA) is 102 Å². The number of thioether (sulfide) groups is 1. The maximum Gasteiger partial charge on any atom is 0.414 e. The van der Waals surface area contributed by atoms with Crippen molar-refractivity contribution in [3.8, 4) is 0 Å². The number of primary amides is 1. The smallest absolute Gasteiger partial charge is 0.414 e. The van der Waals surface area contributed by atoms with Crippen molar-refractivity contribution in [2.45, 2.75) is 17.4 Å². The molecule has 1 fully saturated rings. The number of fused-ring (bicyclic) bond motifs is 1. The third-order valence-electron chi connectivity index (χ3n) is 3.60. The molecule has 0 spiro atoms. The van der Waals surface area contributed by atoms with E-state index < -0.39 is 18.1 Å². The van der Waals surface area contributed by atoms with Crippen molar-refractivity contribution < 1.29 is 19.1 Å². The molecule has 120 valence electrons. The molecule has 0 unspecified atom stereocenters. The van der Waals surface area contributed by atoms with Crippen LogP contribution in [0.4, 0.5) is 16.2 Å². The molecule has 2 aliphatic heterocycles. The number of hydrogen-bond acceptors (Lipinski definition) is 5. The Hall–Kier alpha value is -2.48. The Morgan fingerprint density at radius 1 is 1.48 bits per heavy atom. The number of nitrogens with two attached hydrogens (primary N) is 1. The van der Waals surface area contributed by atoms with Gasteiger partial charge in [-0.05, 0) is 18.2 Å². The van der Waals surface area contributed by atoms with Crippen LogP contribution >= 0.6 is 11.8 Å². The quantitative estimate of drug-likeness (QED) is 0.813. The van der Waals surface area contributed by atoms with Crippen LogP contribution in [0.1, 0.15) is 6.42 Å². The van der Waals surface area contributed by atoms with Gasteiger partial charge in [-0.25, -0.2) is 4.79 Å². The fraction of sp³-hybridized carbons (Fsp3) is 0.267. The minimum absolute atomic E-state index is 0.0701. The van der Waals surface area contributed by atoms with Gasteiger partial charge in [-0.15, -0.1) is 11.8 Å². The molecule has 8 heteroatoms. The fourth-order valence-corrected chi connectivity index (χ4v) is 3.24. The Balaban J connectivity index is 1.76. The molecular weight excluding hydrogens is 318 g/mol. The molecule has 1 saturated heterocycles. The molecule has 2 aliphatic rings. The molecule has 0 bridgehead atoms. The first-order chi connectivity index (χ1) is 10.9. The Morgan fingerprint density at radius 2 is 2.26 bits per heavy atom. The van der Waals surface area contributed by atoms with Crippen LogP contribution in [0.5, 0.6) is 0 Å². The maximum atomic E-state index is 12.0. The van der Waals surface area contributed by atoms with E-state index in [0.29, 0.717) is 23.7 Å². The second-order valence-electron chi connectivity index (χ2n) is 5.31. The number of carbonyl (C=O) groups excluding carboxylic acids is 3. The van der Waals surface area contributed by atoms with Gasteiger partial charge in [0.15, 0.2) is 0 Å². The highest BCUT2D eigenvalue weighted by Gasteiger charge is 2.33. The highest BCUT2D eigenvalue weighted by molar-refractivity contribution is 8.00. The number of rotatable bonds is 4. The van der Waals surface area contributed by atoms with Crippen molar-refractivity contribution in [2.75, 3.05) is 22.5 Å². The van der Waals surface area contributed by atoms with Crippen LogP contribution in [0.3, 0.4) is 0 Å². The molecule has 23 heavy (non-hydrogen) atoms. The van der Waals surface area contributed by atoms with E-state index in [2.05, 4.69) is 11.9 Å². The predicted octanol–water partition coefficient (Wildman–Crippen LogP) is 1.49. The highest BCUT2D eigenvalue weighted by atomic mass is 32.2. The lowest BCUT2D eigenvalue weighted by molar-refractivity contribution is -0.115. The summed E-state index contributed by atoms with van der Waals surface area (Å²) in [4.78, 5) is 37.0. The van der Waals surface area contributed by atoms with E-state index in [0.717, 1.165) is 4.90 Å². The first-order valence-electron chi connectivity index (χ1n) is 6.96. The molecule has 1 aromatic carbocycles. The van der Waals surface area contributed by atoms with E-state index in [9.17, 15) is 14.4 Å². The molecule has 0 aromatic heterocycles. The van der Waals surface area contributed by atoms with E-state index >= 15 is 0 Å². The zero-order valence-electron chi connectivity index (χ0n) is 12.2. The number of benzene rings is 1. The summed E-state index contributed by atoms with van der Waals surface area (Å²) in [6.07, 6.45) is -0.765. The zero-order valence-corrected chi connectivity index (χ0v) is 13.0. The van der Waals surface area contributed by atoms with Gasteiger partial charge in [0.25, 0.3) is 0 Å². The van der Waals surface area contributed by atoms with E-state index in [1.54, 1.807) is 12.1 Å². The van der Waals surface area contributed by atoms with Crippen LogP contribution in [0, 0.1) is 0 Å². The third kappa shape index (κ3) is 3.16. The summed E-state index contributed by atoms with van der Waals surface area (Å²) < 4.78 is 5.24. The summed E-state index contributed by atoms with van der Waals surface area (Å²) in [5.41, 5.74) is 6.68. The number of nitrogens with zero attached hydrogens (tertiary/aromatic N) is 1. The Morgan fingerprint density at radius 3 is 3.00 bits per heavy atom. The zero-order chi connectivity index (χ0) is 16.6. The van der Waals surface area contributed by atoms with E-state index in [1.807, 2.05) is 6.07 Å². The molecule has 3 amide bonds. The minimum Gasteiger partial charge on any atom is -0.444 e. The maximum absolute atomic E-state index is 12.0. The standard InChI is InChI=1S/C15H15N3O4S/c1-8(14(16)20)4-10-6-18(15(21)22-10)9-2-3-12-11(5-9)17-13(19)7-23-12/h2-3,5,10H,1,4,6-7H2,(H2,16,20)(H,17,19)/t10-/m0/s1. The van der Waals surface area contributed by atoms with Gasteiger partial charge in [0, 0.05) is 22.6 Å². The van der Waals surface area contributed by atoms with E-state index in [4.69, 9.17) is 10.5 Å². The van der Waals surface area contributed by atoms with Crippen molar-refractivity contribution >= 4 is 41.0 Å². The normalized spacial score (nSPS) is 19.8. The van der Waals surface area contributed by atoms with E-state index in [-0.39, 0.29) is 17.9 Å². The molecule has 0 radical (unpaired) electrons. The lowest BCUT2D eigenvalue weighted by atomic mass is 10.1. The number of cyclic esters (lactones) is 1. The Labute approximate surface area is 136 Å². The number of carbonyl (C=O) groups is 3. The molecule has 3 rings (SSSR count). The van der Waals surface area contributed by atoms with Crippen molar-refractivity contribution in [3.63, 3.8) is 0 Å². The van der Waals surface area contributed by atoms with Crippen LogP contribution < -0.4 is 16.0 Å². The molecule has 1 atom stereocenters. The molecule has 2 heterocycles. The van der Waals surface area contributed by atoms with Gasteiger partial charge in [-0.3, -0.25) is 14.5 Å². The van der Waals surface area contributed by atoms with Gasteiger partial charge >= 0.3 is 6.09 Å². The van der Waals surface area contributed by atoms with Gasteiger partial charge < -0.3 is 15.8 Å². The van der Waals surface area contributed by atoms with Crippen LogP contribution in [0.25, 0.3) is 0 Å². The van der Waals surface area contributed by atoms with Crippen molar-refractivity contribution in [3.05, 3.63) is 30.4 Å². The summed E-state index contributed by atoms with van der Waals surface area (Å²) in [6.45, 7) is 3.87. The molecule has 3 N–H and O–H groups in total. The first-order valence-corrected chi connectivity index (χ1v) is 7.95. The van der Waals surface area contributed by atoms with Gasteiger partial charge in [0.1, 0.15) is 6.10 Å². The van der Waals surface area contributed by atoms with Crippen molar-refractivity contribution in [1.29, 1.82) is 0 Å². The average Bonchev–Trinajstić information content (AvgIpc) is 2.86. The molecule has 7 nitrogen and oxygen atoms in total. The molecule has 0 aliphatic carbocycles. The van der Waals surface area contributed by atoms with Crippen molar-refractivity contribution in [1.82, 2.24) is 0 Å². The summed E-state index contributed by atoms with van der Waals surface area (Å²) in [7, 11) is 0. The number of amides is 3. The largest absolute Gasteiger partial charge is 0.444 e. The van der Waals surface area contributed by atoms with Crippen LogP contribution in [-0.2, 0) is 14.3 Å². The van der Waals surface area contributed by atoms with Crippen LogP contribution in [-0.4, -0.2) is 36.3 Å². The first kappa shape index (κ1) is 15.4. The lowest BCUT2D eigenvalue weighted by Crippen LogP contribution is -2.26. The Bertz CT molecular complexity index is 719. The van der Waals surface area contributed by atoms with E-state index in [1.165, 1.54) is 16.7 Å². The lowest BCUT2D eigenvalue weighted by Gasteiger charge is -2.19. The second kappa shape index (κ2) is 5.96. The SMILES string of the molecule is C=C(C[C@H]1CN(c2ccc3c(c2)NC(=O)CS3)C(=O)O1)C(N)=O. The molecule has 1 aromatic rings. The Kier molecular flexibility index (Phi) is 3.99. The van der Waals surface area contributed by atoms with Crippen LogP contribution in [0.15, 0.2) is 35.2 Å². The average molecular weight is 333 g/mol. The monoisotopic (exact) mass is 333 g/mol. The summed E-state index contributed by atoms with van der Waals surface area (Å²) in [5.74, 6) is -0.289. The highest BCUT2D eigenvalue weighted by Crippen LogP contribution is 2.35. The minimum atomic E-state index is -0.604. The molecule has 0 saturated carbocycles. The second-order valence-corrected chi connectivity index (χ2v) is 6.32. The number of nitrogens with one attached hydrogen (secondary N) is 1. The van der Waals surface area contributed by atoms with Gasteiger partial charge in [-0.1, -0.05) is 6.58 Å². The van der Waals surface area contributed by atoms with Gasteiger partial charge in [0.2, 0.25) is 11.8 Å².